The molecule has 0 radical (unpaired) electrons. The summed E-state index contributed by atoms with van der Waals surface area (Å²) in [5.41, 5.74) is 0.922. The van der Waals surface area contributed by atoms with E-state index in [2.05, 4.69) is 10.6 Å². The molecule has 0 aliphatic heterocycles. The second-order valence-corrected chi connectivity index (χ2v) is 7.61. The van der Waals surface area contributed by atoms with Crippen LogP contribution in [0.15, 0.2) is 48.5 Å². The van der Waals surface area contributed by atoms with E-state index in [1.165, 1.54) is 13.2 Å². The molecule has 2 aromatic carbocycles. The molecule has 128 valence electrons. The van der Waals surface area contributed by atoms with Gasteiger partial charge in [-0.2, -0.15) is 0 Å². The molecule has 0 fully saturated rings. The van der Waals surface area contributed by atoms with Gasteiger partial charge in [0.1, 0.15) is 11.9 Å². The van der Waals surface area contributed by atoms with Crippen molar-refractivity contribution in [3.05, 3.63) is 59.1 Å². The summed E-state index contributed by atoms with van der Waals surface area (Å²) in [7, 11) is 1.52. The number of hydrogen-bond donors (Lipinski definition) is 2. The van der Waals surface area contributed by atoms with Gasteiger partial charge in [-0.1, -0.05) is 64.6 Å². The average molecular weight is 408 g/mol. The Kier molecular flexibility index (Phi) is 6.47. The van der Waals surface area contributed by atoms with E-state index in [4.69, 9.17) is 51.1 Å². The maximum absolute atomic E-state index is 12.4. The van der Waals surface area contributed by atoms with Crippen LogP contribution in [0, 0.1) is 0 Å². The highest BCUT2D eigenvalue weighted by atomic mass is 35.6. The third kappa shape index (κ3) is 5.08. The van der Waals surface area contributed by atoms with Crippen molar-refractivity contribution in [3.8, 4) is 5.75 Å². The fourth-order valence-electron chi connectivity index (χ4n) is 1.96. The molecule has 0 unspecified atom stereocenters. The number of carbonyl (C=O) groups is 1. The highest BCUT2D eigenvalue weighted by molar-refractivity contribution is 6.68. The zero-order valence-electron chi connectivity index (χ0n) is 12.5. The molecule has 0 aliphatic rings. The van der Waals surface area contributed by atoms with Crippen LogP contribution in [0.5, 0.6) is 5.75 Å². The zero-order valence-corrected chi connectivity index (χ0v) is 15.5. The Morgan fingerprint density at radius 3 is 2.46 bits per heavy atom. The highest BCUT2D eigenvalue weighted by Crippen LogP contribution is 2.33. The summed E-state index contributed by atoms with van der Waals surface area (Å²) in [6.07, 6.45) is -0.995. The van der Waals surface area contributed by atoms with E-state index < -0.39 is 15.9 Å². The van der Waals surface area contributed by atoms with Crippen LogP contribution in [-0.2, 0) is 0 Å². The van der Waals surface area contributed by atoms with E-state index in [0.29, 0.717) is 22.0 Å². The van der Waals surface area contributed by atoms with Crippen LogP contribution < -0.4 is 15.4 Å². The van der Waals surface area contributed by atoms with Gasteiger partial charge in [-0.25, -0.2) is 0 Å². The molecular weight excluding hydrogens is 394 g/mol. The van der Waals surface area contributed by atoms with E-state index in [1.54, 1.807) is 42.5 Å². The minimum absolute atomic E-state index is 0.351. The zero-order chi connectivity index (χ0) is 17.7. The molecular formula is C16H14Cl4N2O2. The molecule has 0 bridgehead atoms. The number of carbonyl (C=O) groups excluding carboxylic acids is 1. The first-order valence-corrected chi connectivity index (χ1v) is 8.35. The summed E-state index contributed by atoms with van der Waals surface area (Å²) in [6.45, 7) is 0. The number of para-hydroxylation sites is 2. The summed E-state index contributed by atoms with van der Waals surface area (Å²) in [5, 5.41) is 6.04. The third-order valence-electron chi connectivity index (χ3n) is 3.10. The van der Waals surface area contributed by atoms with E-state index in [1.807, 2.05) is 0 Å². The Bertz CT molecular complexity index is 719. The molecule has 0 spiro atoms. The van der Waals surface area contributed by atoms with Gasteiger partial charge in [-0.15, -0.1) is 0 Å². The van der Waals surface area contributed by atoms with Gasteiger partial charge in [0.05, 0.1) is 12.8 Å². The molecule has 0 heterocycles. The number of nitrogens with one attached hydrogen (secondary N) is 2. The first kappa shape index (κ1) is 19.0. The van der Waals surface area contributed by atoms with Crippen LogP contribution in [0.25, 0.3) is 0 Å². The van der Waals surface area contributed by atoms with Crippen molar-refractivity contribution in [2.75, 3.05) is 12.4 Å². The standard InChI is InChI=1S/C16H14Cl4N2O2/c1-24-13-8-3-2-7-12(13)21-15(16(18,19)20)22-14(23)10-5-4-6-11(17)9-10/h2-9,15,21H,1H3,(H,22,23)/t15-/m0/s1. The molecule has 0 saturated heterocycles. The van der Waals surface area contributed by atoms with E-state index in [-0.39, 0.29) is 0 Å². The van der Waals surface area contributed by atoms with Crippen LogP contribution in [0.2, 0.25) is 5.02 Å². The average Bonchev–Trinajstić information content (AvgIpc) is 2.53. The summed E-state index contributed by atoms with van der Waals surface area (Å²) in [6, 6.07) is 13.5. The molecule has 1 atom stereocenters. The smallest absolute Gasteiger partial charge is 0.253 e. The fourth-order valence-corrected chi connectivity index (χ4v) is 2.48. The van der Waals surface area contributed by atoms with E-state index in [0.717, 1.165) is 0 Å². The van der Waals surface area contributed by atoms with Crippen LogP contribution >= 0.6 is 46.4 Å². The van der Waals surface area contributed by atoms with Crippen molar-refractivity contribution in [2.45, 2.75) is 9.96 Å². The lowest BCUT2D eigenvalue weighted by Crippen LogP contribution is -2.49. The highest BCUT2D eigenvalue weighted by Gasteiger charge is 2.34. The second-order valence-electron chi connectivity index (χ2n) is 4.80. The van der Waals surface area contributed by atoms with Crippen molar-refractivity contribution in [2.24, 2.45) is 0 Å². The number of halogens is 4. The molecule has 0 aromatic heterocycles. The second kappa shape index (κ2) is 8.17. The Hall–Kier alpha value is -1.33. The molecule has 4 nitrogen and oxygen atoms in total. The van der Waals surface area contributed by atoms with Gasteiger partial charge in [0.15, 0.2) is 0 Å². The molecule has 2 rings (SSSR count). The Morgan fingerprint density at radius 2 is 1.83 bits per heavy atom. The Morgan fingerprint density at radius 1 is 1.12 bits per heavy atom. The SMILES string of the molecule is COc1ccccc1N[C@@H](NC(=O)c1cccc(Cl)c1)C(Cl)(Cl)Cl. The maximum Gasteiger partial charge on any atom is 0.253 e. The van der Waals surface area contributed by atoms with E-state index >= 15 is 0 Å². The number of hydrogen-bond acceptors (Lipinski definition) is 3. The lowest BCUT2D eigenvalue weighted by molar-refractivity contribution is 0.0942. The number of anilines is 1. The first-order chi connectivity index (χ1) is 11.3. The largest absolute Gasteiger partial charge is 0.495 e. The lowest BCUT2D eigenvalue weighted by Gasteiger charge is -2.28. The van der Waals surface area contributed by atoms with Crippen molar-refractivity contribution >= 4 is 58.0 Å². The fraction of sp³-hybridized carbons (Fsp3) is 0.188. The van der Waals surface area contributed by atoms with E-state index in [9.17, 15) is 4.79 Å². The number of alkyl halides is 3. The van der Waals surface area contributed by atoms with Crippen molar-refractivity contribution in [1.29, 1.82) is 0 Å². The molecule has 0 saturated carbocycles. The topological polar surface area (TPSA) is 50.4 Å². The number of amides is 1. The predicted molar refractivity (Wildman–Crippen MR) is 99.6 cm³/mol. The molecule has 24 heavy (non-hydrogen) atoms. The summed E-state index contributed by atoms with van der Waals surface area (Å²) >= 11 is 23.9. The normalized spacial score (nSPS) is 12.4. The van der Waals surface area contributed by atoms with Gasteiger partial charge in [0.25, 0.3) is 5.91 Å². The monoisotopic (exact) mass is 406 g/mol. The van der Waals surface area contributed by atoms with Gasteiger partial charge in [-0.3, -0.25) is 4.79 Å². The van der Waals surface area contributed by atoms with Crippen LogP contribution in [0.1, 0.15) is 10.4 Å². The van der Waals surface area contributed by atoms with Crippen LogP contribution in [0.3, 0.4) is 0 Å². The maximum atomic E-state index is 12.4. The molecule has 0 aliphatic carbocycles. The molecule has 8 heteroatoms. The Balaban J connectivity index is 2.22. The van der Waals surface area contributed by atoms with Crippen LogP contribution in [0.4, 0.5) is 5.69 Å². The molecule has 1 amide bonds. The molecule has 2 aromatic rings. The van der Waals surface area contributed by atoms with Gasteiger partial charge >= 0.3 is 0 Å². The number of benzene rings is 2. The lowest BCUT2D eigenvalue weighted by atomic mass is 10.2. The summed E-state index contributed by atoms with van der Waals surface area (Å²) in [5.74, 6) is 0.116. The van der Waals surface area contributed by atoms with Crippen molar-refractivity contribution in [1.82, 2.24) is 5.32 Å². The van der Waals surface area contributed by atoms with Crippen molar-refractivity contribution in [3.63, 3.8) is 0 Å². The quantitative estimate of drug-likeness (QED) is 0.548. The predicted octanol–water partition coefficient (Wildman–Crippen LogP) is 4.89. The number of rotatable bonds is 5. The van der Waals surface area contributed by atoms with Gasteiger partial charge < -0.3 is 15.4 Å². The first-order valence-electron chi connectivity index (χ1n) is 6.84. The minimum atomic E-state index is -1.80. The van der Waals surface area contributed by atoms with Crippen LogP contribution in [-0.4, -0.2) is 23.0 Å². The summed E-state index contributed by atoms with van der Waals surface area (Å²) in [4.78, 5) is 12.4. The summed E-state index contributed by atoms with van der Waals surface area (Å²) < 4.78 is 3.45. The number of methoxy groups -OCH3 is 1. The Labute approximate surface area is 160 Å². The minimum Gasteiger partial charge on any atom is -0.495 e. The van der Waals surface area contributed by atoms with Gasteiger partial charge in [0.2, 0.25) is 3.79 Å². The molecule has 2 N–H and O–H groups in total. The number of ether oxygens (including phenoxy) is 1. The van der Waals surface area contributed by atoms with Gasteiger partial charge in [0, 0.05) is 10.6 Å². The van der Waals surface area contributed by atoms with Gasteiger partial charge in [-0.05, 0) is 30.3 Å². The van der Waals surface area contributed by atoms with Crippen molar-refractivity contribution < 1.29 is 9.53 Å². The third-order valence-corrected chi connectivity index (χ3v) is 3.99.